The molecule has 1 aromatic carbocycles. The predicted octanol–water partition coefficient (Wildman–Crippen LogP) is 3.18. The lowest BCUT2D eigenvalue weighted by Crippen LogP contribution is -2.25. The first-order valence-corrected chi connectivity index (χ1v) is 6.11. The first-order valence-electron chi connectivity index (χ1n) is 6.11. The Hall–Kier alpha value is -1.28. The first-order chi connectivity index (χ1) is 7.84. The Morgan fingerprint density at radius 3 is 2.75 bits per heavy atom. The van der Waals surface area contributed by atoms with Crippen LogP contribution in [0.1, 0.15) is 25.1 Å². The first kappa shape index (κ1) is 11.2. The molecule has 0 unspecified atom stereocenters. The van der Waals surface area contributed by atoms with Gasteiger partial charge in [0.2, 0.25) is 0 Å². The number of H-pyrrole nitrogens is 1. The number of nitrogens with one attached hydrogen (secondary N) is 1. The van der Waals surface area contributed by atoms with Crippen LogP contribution in [0.5, 0.6) is 0 Å². The van der Waals surface area contributed by atoms with Gasteiger partial charge in [-0.05, 0) is 18.7 Å². The molecule has 0 atom stereocenters. The minimum absolute atomic E-state index is 1.08. The van der Waals surface area contributed by atoms with E-state index in [1.807, 2.05) is 13.8 Å². The van der Waals surface area contributed by atoms with E-state index >= 15 is 0 Å². The van der Waals surface area contributed by atoms with Gasteiger partial charge in [-0.2, -0.15) is 0 Å². The maximum atomic E-state index is 3.51. The molecule has 2 heterocycles. The maximum Gasteiger partial charge on any atom is 0.0459 e. The second-order valence-corrected chi connectivity index (χ2v) is 4.12. The molecule has 0 radical (unpaired) electrons. The molecule has 2 heteroatoms. The SMILES string of the molecule is CC.CN1CCc2[nH]c3ccccc3c2C1. The van der Waals surface area contributed by atoms with Crippen molar-refractivity contribution in [3.8, 4) is 0 Å². The van der Waals surface area contributed by atoms with E-state index in [1.165, 1.54) is 28.7 Å². The van der Waals surface area contributed by atoms with Crippen molar-refractivity contribution in [3.05, 3.63) is 35.5 Å². The van der Waals surface area contributed by atoms with Gasteiger partial charge < -0.3 is 9.88 Å². The third kappa shape index (κ3) is 1.85. The molecule has 1 aliphatic rings. The molecule has 2 nitrogen and oxygen atoms in total. The average Bonchev–Trinajstić information content (AvgIpc) is 2.70. The van der Waals surface area contributed by atoms with Gasteiger partial charge in [0.25, 0.3) is 0 Å². The summed E-state index contributed by atoms with van der Waals surface area (Å²) in [4.78, 5) is 5.89. The van der Waals surface area contributed by atoms with Crippen LogP contribution in [0, 0.1) is 0 Å². The Kier molecular flexibility index (Phi) is 3.30. The molecule has 0 bridgehead atoms. The van der Waals surface area contributed by atoms with Gasteiger partial charge in [0.15, 0.2) is 0 Å². The van der Waals surface area contributed by atoms with Crippen molar-refractivity contribution in [2.75, 3.05) is 13.6 Å². The third-order valence-electron chi connectivity index (χ3n) is 3.07. The highest BCUT2D eigenvalue weighted by Crippen LogP contribution is 2.26. The van der Waals surface area contributed by atoms with Crippen molar-refractivity contribution in [1.82, 2.24) is 9.88 Å². The van der Waals surface area contributed by atoms with E-state index in [4.69, 9.17) is 0 Å². The Morgan fingerprint density at radius 2 is 1.94 bits per heavy atom. The molecule has 0 amide bonds. The average molecular weight is 216 g/mol. The summed E-state index contributed by atoms with van der Waals surface area (Å²) in [5, 5.41) is 1.40. The molecule has 0 spiro atoms. The summed E-state index contributed by atoms with van der Waals surface area (Å²) in [6, 6.07) is 8.58. The van der Waals surface area contributed by atoms with E-state index in [2.05, 4.69) is 41.2 Å². The smallest absolute Gasteiger partial charge is 0.0459 e. The van der Waals surface area contributed by atoms with Crippen LogP contribution in [0.3, 0.4) is 0 Å². The number of hydrogen-bond donors (Lipinski definition) is 1. The van der Waals surface area contributed by atoms with Gasteiger partial charge >= 0.3 is 0 Å². The summed E-state index contributed by atoms with van der Waals surface area (Å²) < 4.78 is 0. The second kappa shape index (κ2) is 4.71. The van der Waals surface area contributed by atoms with Crippen molar-refractivity contribution in [2.45, 2.75) is 26.8 Å². The van der Waals surface area contributed by atoms with Crippen molar-refractivity contribution >= 4 is 10.9 Å². The normalized spacial score (nSPS) is 15.4. The Labute approximate surface area is 97.3 Å². The Bertz CT molecular complexity index is 471. The number of hydrogen-bond acceptors (Lipinski definition) is 1. The van der Waals surface area contributed by atoms with Crippen molar-refractivity contribution in [3.63, 3.8) is 0 Å². The summed E-state index contributed by atoms with van der Waals surface area (Å²) in [7, 11) is 2.19. The highest BCUT2D eigenvalue weighted by molar-refractivity contribution is 5.84. The third-order valence-corrected chi connectivity index (χ3v) is 3.07. The lowest BCUT2D eigenvalue weighted by atomic mass is 10.1. The van der Waals surface area contributed by atoms with E-state index < -0.39 is 0 Å². The van der Waals surface area contributed by atoms with E-state index in [1.54, 1.807) is 0 Å². The van der Waals surface area contributed by atoms with Gasteiger partial charge in [-0.1, -0.05) is 32.0 Å². The molecule has 0 aliphatic carbocycles. The molecule has 0 saturated carbocycles. The molecule has 1 aromatic heterocycles. The monoisotopic (exact) mass is 216 g/mol. The second-order valence-electron chi connectivity index (χ2n) is 4.12. The number of aromatic nitrogens is 1. The van der Waals surface area contributed by atoms with Crippen LogP contribution >= 0.6 is 0 Å². The molecule has 2 aromatic rings. The number of rotatable bonds is 0. The van der Waals surface area contributed by atoms with Crippen LogP contribution in [0.2, 0.25) is 0 Å². The summed E-state index contributed by atoms with van der Waals surface area (Å²) >= 11 is 0. The van der Waals surface area contributed by atoms with Crippen LogP contribution in [0.4, 0.5) is 0 Å². The van der Waals surface area contributed by atoms with Crippen LogP contribution < -0.4 is 0 Å². The van der Waals surface area contributed by atoms with Crippen LogP contribution in [-0.2, 0) is 13.0 Å². The van der Waals surface area contributed by atoms with Gasteiger partial charge in [-0.15, -0.1) is 0 Å². The fourth-order valence-electron chi connectivity index (χ4n) is 2.30. The van der Waals surface area contributed by atoms with E-state index in [0.29, 0.717) is 0 Å². The number of para-hydroxylation sites is 1. The lowest BCUT2D eigenvalue weighted by molar-refractivity contribution is 0.313. The standard InChI is InChI=1S/C12H14N2.C2H6/c1-14-7-6-12-10(8-14)9-4-2-3-5-11(9)13-12;1-2/h2-5,13H,6-8H2,1H3;1-2H3. The number of nitrogens with zero attached hydrogens (tertiary/aromatic N) is 1. The van der Waals surface area contributed by atoms with Gasteiger partial charge in [0.1, 0.15) is 0 Å². The van der Waals surface area contributed by atoms with Gasteiger partial charge in [-0.3, -0.25) is 0 Å². The number of benzene rings is 1. The summed E-state index contributed by atoms with van der Waals surface area (Å²) in [5.41, 5.74) is 4.21. The number of fused-ring (bicyclic) bond motifs is 3. The molecule has 0 fully saturated rings. The number of likely N-dealkylation sites (N-methyl/N-ethyl adjacent to an activating group) is 1. The molecule has 1 aliphatic heterocycles. The lowest BCUT2D eigenvalue weighted by Gasteiger charge is -2.22. The highest BCUT2D eigenvalue weighted by atomic mass is 15.1. The van der Waals surface area contributed by atoms with Gasteiger partial charge in [0.05, 0.1) is 0 Å². The van der Waals surface area contributed by atoms with Crippen molar-refractivity contribution < 1.29 is 0 Å². The zero-order valence-corrected chi connectivity index (χ0v) is 10.4. The fourth-order valence-corrected chi connectivity index (χ4v) is 2.30. The molecule has 86 valence electrons. The van der Waals surface area contributed by atoms with Crippen LogP contribution in [-0.4, -0.2) is 23.5 Å². The molecule has 0 saturated heterocycles. The molecular formula is C14H20N2. The van der Waals surface area contributed by atoms with Crippen molar-refractivity contribution in [2.24, 2.45) is 0 Å². The summed E-state index contributed by atoms with van der Waals surface area (Å²) in [6.07, 6.45) is 1.15. The van der Waals surface area contributed by atoms with Gasteiger partial charge in [-0.25, -0.2) is 0 Å². The van der Waals surface area contributed by atoms with Crippen molar-refractivity contribution in [1.29, 1.82) is 0 Å². The zero-order chi connectivity index (χ0) is 11.5. The highest BCUT2D eigenvalue weighted by Gasteiger charge is 2.17. The Morgan fingerprint density at radius 1 is 1.19 bits per heavy atom. The van der Waals surface area contributed by atoms with Gasteiger partial charge in [0, 0.05) is 36.1 Å². The van der Waals surface area contributed by atoms with E-state index in [0.717, 1.165) is 13.0 Å². The Balaban J connectivity index is 0.000000457. The minimum Gasteiger partial charge on any atom is -0.358 e. The predicted molar refractivity (Wildman–Crippen MR) is 69.7 cm³/mol. The topological polar surface area (TPSA) is 19.0 Å². The maximum absolute atomic E-state index is 3.51. The van der Waals surface area contributed by atoms with Crippen LogP contribution in [0.25, 0.3) is 10.9 Å². The fraction of sp³-hybridized carbons (Fsp3) is 0.429. The molecule has 1 N–H and O–H groups in total. The van der Waals surface area contributed by atoms with E-state index in [9.17, 15) is 0 Å². The molecule has 3 rings (SSSR count). The summed E-state index contributed by atoms with van der Waals surface area (Å²) in [5.74, 6) is 0. The minimum atomic E-state index is 1.08. The quantitative estimate of drug-likeness (QED) is 0.716. The zero-order valence-electron chi connectivity index (χ0n) is 10.4. The summed E-state index contributed by atoms with van der Waals surface area (Å²) in [6.45, 7) is 6.25. The largest absolute Gasteiger partial charge is 0.358 e. The molecule has 16 heavy (non-hydrogen) atoms. The van der Waals surface area contributed by atoms with Crippen LogP contribution in [0.15, 0.2) is 24.3 Å². The number of aromatic amines is 1. The molecular weight excluding hydrogens is 196 g/mol. The van der Waals surface area contributed by atoms with E-state index in [-0.39, 0.29) is 0 Å².